The Morgan fingerprint density at radius 3 is 1.33 bits per heavy atom. The average Bonchev–Trinajstić information content (AvgIpc) is 1.59. The van der Waals surface area contributed by atoms with E-state index in [2.05, 4.69) is 47.8 Å². The van der Waals surface area contributed by atoms with Gasteiger partial charge in [0.05, 0.1) is 47.4 Å². The van der Waals surface area contributed by atoms with Crippen molar-refractivity contribution in [3.8, 4) is 0 Å². The SMILES string of the molecule is C.Fc1ccc(C2(C(F)(F)c3ccc(COC(F)F)cn3)CO2)c(F)c1.O=C(O)C(F)(F)S(=O)(=O)F.OC(Cn1cnnn1)(c1ccc(F)cc1F)C(F)(F)c1ccc(COC(F)F)cn1.OCc1ccc(C(F)(F)C2(c3ccc(F)cc3F)CO2)nc1.[B].[B]C.[U]. The summed E-state index contributed by atoms with van der Waals surface area (Å²) in [5.41, 5.74) is -11.3. The van der Waals surface area contributed by atoms with Crippen molar-refractivity contribution in [1.29, 1.82) is 0 Å². The Labute approximate surface area is 534 Å². The fourth-order valence-corrected chi connectivity index (χ4v) is 7.81. The molecule has 3 atom stereocenters. The van der Waals surface area contributed by atoms with Gasteiger partial charge in [-0.2, -0.15) is 61.1 Å². The maximum absolute atomic E-state index is 15.4. The van der Waals surface area contributed by atoms with Gasteiger partial charge in [-0.25, -0.2) is 35.8 Å². The van der Waals surface area contributed by atoms with Crippen LogP contribution in [0.5, 0.6) is 0 Å². The van der Waals surface area contributed by atoms with Gasteiger partial charge in [-0.15, -0.1) is 5.10 Å². The Morgan fingerprint density at radius 2 is 1.03 bits per heavy atom. The second-order valence-corrected chi connectivity index (χ2v) is 19.3. The Bertz CT molecular complexity index is 3620. The van der Waals surface area contributed by atoms with E-state index in [4.69, 9.17) is 19.7 Å². The largest absolute Gasteiger partial charge is 0.476 e. The minimum absolute atomic E-state index is 0. The maximum Gasteiger partial charge on any atom is 0.470 e. The predicted molar refractivity (Wildman–Crippen MR) is 275 cm³/mol. The summed E-state index contributed by atoms with van der Waals surface area (Å²) in [5.74, 6) is -21.0. The van der Waals surface area contributed by atoms with Crippen LogP contribution in [0, 0.1) is 66.0 Å². The van der Waals surface area contributed by atoms with E-state index in [0.717, 1.165) is 84.2 Å². The number of epoxide rings is 2. The van der Waals surface area contributed by atoms with Crippen molar-refractivity contribution in [2.24, 2.45) is 0 Å². The number of carboxylic acids is 1. The molecule has 2 saturated heterocycles. The molecular formula is C52H43B2F19N7O10SU. The maximum atomic E-state index is 15.4. The van der Waals surface area contributed by atoms with Crippen molar-refractivity contribution in [2.75, 3.05) is 13.2 Å². The minimum Gasteiger partial charge on any atom is -0.476 e. The number of ether oxygens (including phenoxy) is 4. The van der Waals surface area contributed by atoms with Crippen molar-refractivity contribution >= 4 is 32.5 Å². The number of carbonyl (C=O) groups is 1. The first-order valence-electron chi connectivity index (χ1n) is 24.1. The molecule has 0 saturated carbocycles. The zero-order valence-electron chi connectivity index (χ0n) is 45.4. The second-order valence-electron chi connectivity index (χ2n) is 17.9. The molecule has 0 aliphatic carbocycles. The van der Waals surface area contributed by atoms with Crippen molar-refractivity contribution in [2.45, 2.75) is 93.7 Å². The van der Waals surface area contributed by atoms with Crippen LogP contribution in [0.25, 0.3) is 0 Å². The smallest absolute Gasteiger partial charge is 0.470 e. The Balaban J connectivity index is 0.000000429. The third-order valence-corrected chi connectivity index (χ3v) is 13.0. The molecule has 0 bridgehead atoms. The standard InChI is InChI=1S/C17H13F6N5O2.C16H11F6NO2.C15H11F4NO2.C2HF3O4S.CH3B.CH4.B.U/c18-11-2-3-12(13(19)5-11)16(29,8-28-9-25-26-27-28)17(22,23)14-4-1-10(6-24-14)7-30-15(20)21;17-10-2-3-11(12(18)5-10)15(8-25-15)16(21,22)13-4-1-9(6-23-13)7-24-14(19)20;16-10-2-3-11(12(17)5-10)14(8-22-14)15(18,19)13-4-1-9(7-21)6-20-13;3-2(4,1(6)7)10(5,8)9;1-2;;;/h1-6,9,15,29H,7-8H2;1-6,14H,7-8H2;1-6,21H,7-8H2;(H,6,7);1H3;1H4;;. The van der Waals surface area contributed by atoms with Crippen molar-refractivity contribution in [1.82, 2.24) is 35.2 Å². The average molecular weight is 1580 g/mol. The van der Waals surface area contributed by atoms with E-state index in [1.165, 1.54) is 12.9 Å². The van der Waals surface area contributed by atoms with Gasteiger partial charge in [0, 0.05) is 93.0 Å². The van der Waals surface area contributed by atoms with E-state index in [9.17, 15) is 92.5 Å². The number of hydrogen-bond acceptors (Lipinski definition) is 15. The third-order valence-electron chi connectivity index (χ3n) is 12.2. The fourth-order valence-electron chi connectivity index (χ4n) is 7.60. The molecule has 3 N–H and O–H groups in total. The number of aliphatic hydroxyl groups is 2. The molecule has 17 nitrogen and oxygen atoms in total. The van der Waals surface area contributed by atoms with Gasteiger partial charge < -0.3 is 34.3 Å². The monoisotopic (exact) mass is 1580 g/mol. The number of alkyl halides is 12. The number of aliphatic carboxylic acids is 1. The van der Waals surface area contributed by atoms with E-state index in [1.54, 1.807) is 0 Å². The second kappa shape index (κ2) is 32.9. The van der Waals surface area contributed by atoms with Crippen LogP contribution in [0.4, 0.5) is 82.9 Å². The van der Waals surface area contributed by atoms with E-state index < -0.39 is 171 Å². The van der Waals surface area contributed by atoms with E-state index in [1.807, 2.05) is 0 Å². The topological polar surface area (TPSA) is 238 Å². The van der Waals surface area contributed by atoms with Gasteiger partial charge in [0.1, 0.15) is 58.3 Å². The number of tetrazole rings is 1. The number of rotatable bonds is 20. The molecule has 0 amide bonds. The van der Waals surface area contributed by atoms with Gasteiger partial charge in [-0.3, -0.25) is 15.0 Å². The van der Waals surface area contributed by atoms with Gasteiger partial charge in [0.2, 0.25) is 0 Å². The molecule has 5 radical (unpaired) electrons. The fraction of sp³-hybridized carbons (Fsp3) is 0.327. The number of pyridine rings is 3. The summed E-state index contributed by atoms with van der Waals surface area (Å²) in [5, 5.41) is 31.9. The molecule has 2 aliphatic heterocycles. The van der Waals surface area contributed by atoms with Crippen LogP contribution in [-0.2, 0) is 94.9 Å². The Hall–Kier alpha value is -6.79. The summed E-state index contributed by atoms with van der Waals surface area (Å²) in [7, 11) is -1.83. The van der Waals surface area contributed by atoms with E-state index in [0.29, 0.717) is 35.9 Å². The van der Waals surface area contributed by atoms with Gasteiger partial charge in [0.25, 0.3) is 0 Å². The molecule has 3 aromatic carbocycles. The first-order valence-corrected chi connectivity index (χ1v) is 25.5. The minimum atomic E-state index is -6.33. The zero-order valence-corrected chi connectivity index (χ0v) is 50.4. The number of benzene rings is 3. The number of hydrogen-bond donors (Lipinski definition) is 3. The van der Waals surface area contributed by atoms with Crippen molar-refractivity contribution in [3.05, 3.63) is 201 Å². The van der Waals surface area contributed by atoms with Gasteiger partial charge in [0.15, 0.2) is 16.8 Å². The molecule has 3 unspecified atom stereocenters. The van der Waals surface area contributed by atoms with E-state index in [-0.39, 0.29) is 64.7 Å². The molecule has 6 heterocycles. The van der Waals surface area contributed by atoms with Crippen LogP contribution in [0.15, 0.2) is 116 Å². The summed E-state index contributed by atoms with van der Waals surface area (Å²) in [6.45, 7) is -7.84. The van der Waals surface area contributed by atoms with Crippen LogP contribution < -0.4 is 0 Å². The first kappa shape index (κ1) is 81.3. The van der Waals surface area contributed by atoms with Gasteiger partial charge in [-0.05, 0) is 81.7 Å². The molecule has 2 aliphatic rings. The zero-order chi connectivity index (χ0) is 66.7. The molecule has 495 valence electrons. The molecule has 40 heteroatoms. The molecule has 4 aromatic heterocycles. The molecule has 92 heavy (non-hydrogen) atoms. The summed E-state index contributed by atoms with van der Waals surface area (Å²) in [4.78, 5) is 20.0. The number of aromatic nitrogens is 7. The van der Waals surface area contributed by atoms with Crippen molar-refractivity contribution < 1.29 is 162 Å². The predicted octanol–water partition coefficient (Wildman–Crippen LogP) is 10.2. The quantitative estimate of drug-likeness (QED) is 0.0278. The molecular weight excluding hydrogens is 1540 g/mol. The van der Waals surface area contributed by atoms with Gasteiger partial charge >= 0.3 is 52.4 Å². The van der Waals surface area contributed by atoms with Crippen LogP contribution in [-0.4, -0.2) is 113 Å². The normalized spacial score (nSPS) is 16.6. The Kier molecular flexibility index (Phi) is 29.0. The van der Waals surface area contributed by atoms with Crippen LogP contribution in [0.3, 0.4) is 0 Å². The van der Waals surface area contributed by atoms with Crippen molar-refractivity contribution in [3.63, 3.8) is 0 Å². The number of carboxylic acid groups (broad SMARTS) is 1. The van der Waals surface area contributed by atoms with Gasteiger partial charge in [-0.1, -0.05) is 36.3 Å². The van der Waals surface area contributed by atoms with Crippen LogP contribution in [0.1, 0.15) is 57.9 Å². The molecule has 2 fully saturated rings. The van der Waals surface area contributed by atoms with Crippen LogP contribution in [0.2, 0.25) is 6.82 Å². The number of halogens is 19. The van der Waals surface area contributed by atoms with Crippen LogP contribution >= 0.6 is 0 Å². The molecule has 0 spiro atoms. The van der Waals surface area contributed by atoms with E-state index >= 15 is 8.78 Å². The molecule has 9 rings (SSSR count). The summed E-state index contributed by atoms with van der Waals surface area (Å²) < 4.78 is 291. The summed E-state index contributed by atoms with van der Waals surface area (Å²) in [6.07, 6.45) is 3.84. The summed E-state index contributed by atoms with van der Waals surface area (Å²) in [6, 6.07) is 12.6. The number of aliphatic hydroxyl groups excluding tert-OH is 1. The first-order chi connectivity index (χ1) is 41.5. The number of nitrogens with zero attached hydrogens (tertiary/aromatic N) is 7. The third kappa shape index (κ3) is 18.5. The Morgan fingerprint density at radius 1 is 0.652 bits per heavy atom. The summed E-state index contributed by atoms with van der Waals surface area (Å²) >= 11 is 0. The molecule has 7 aromatic rings.